The number of carbonyl (C=O) groups is 2. The van der Waals surface area contributed by atoms with E-state index in [4.69, 9.17) is 9.47 Å². The van der Waals surface area contributed by atoms with Gasteiger partial charge in [-0.25, -0.2) is 0 Å². The van der Waals surface area contributed by atoms with Gasteiger partial charge in [0.2, 0.25) is 0 Å². The minimum absolute atomic E-state index is 0.0125. The third-order valence-electron chi connectivity index (χ3n) is 12.3. The molecule has 0 amide bonds. The molecule has 4 nitrogen and oxygen atoms in total. The third-order valence-corrected chi connectivity index (χ3v) is 12.3. The first kappa shape index (κ1) is 24.3. The Labute approximate surface area is 212 Å². The van der Waals surface area contributed by atoms with Crippen LogP contribution in [0, 0.1) is 65.1 Å². The van der Waals surface area contributed by atoms with Gasteiger partial charge in [0.1, 0.15) is 11.2 Å². The van der Waals surface area contributed by atoms with Crippen LogP contribution in [0.25, 0.3) is 0 Å². The SMILES string of the molecule is CCC1(OC(=O)C(C)C)CC2CC1C1CC(CC(C)C(=O)OC3(C)CC4CC3C3CCCC43)CC21. The van der Waals surface area contributed by atoms with E-state index in [1.807, 2.05) is 13.8 Å². The molecule has 0 radical (unpaired) electrons. The van der Waals surface area contributed by atoms with Gasteiger partial charge in [-0.3, -0.25) is 9.59 Å². The van der Waals surface area contributed by atoms with Gasteiger partial charge in [0.05, 0.1) is 11.8 Å². The molecule has 6 aliphatic carbocycles. The molecular weight excluding hydrogens is 436 g/mol. The van der Waals surface area contributed by atoms with Crippen LogP contribution < -0.4 is 0 Å². The van der Waals surface area contributed by atoms with Crippen molar-refractivity contribution in [3.05, 3.63) is 0 Å². The first-order chi connectivity index (χ1) is 16.6. The summed E-state index contributed by atoms with van der Waals surface area (Å²) in [6, 6.07) is 0. The summed E-state index contributed by atoms with van der Waals surface area (Å²) < 4.78 is 12.6. The molecule has 0 heterocycles. The fourth-order valence-electron chi connectivity index (χ4n) is 10.9. The predicted molar refractivity (Wildman–Crippen MR) is 135 cm³/mol. The van der Waals surface area contributed by atoms with Crippen LogP contribution in [0.1, 0.15) is 105 Å². The Morgan fingerprint density at radius 1 is 0.829 bits per heavy atom. The van der Waals surface area contributed by atoms with Crippen molar-refractivity contribution in [3.63, 3.8) is 0 Å². The standard InChI is InChI=1S/C31H48O4/c1-6-31(35-28(32)17(2)3)16-21-14-27(31)25-12-19(11-24(21)25)10-18(4)29(33)34-30(5)15-20-13-26(30)23-9-7-8-22(20)23/h17-27H,6-16H2,1-5H3. The highest BCUT2D eigenvalue weighted by Crippen LogP contribution is 2.66. The molecule has 4 heteroatoms. The van der Waals surface area contributed by atoms with Crippen LogP contribution in [0.15, 0.2) is 0 Å². The van der Waals surface area contributed by atoms with Crippen molar-refractivity contribution in [1.82, 2.24) is 0 Å². The zero-order valence-electron chi connectivity index (χ0n) is 22.8. The Hall–Kier alpha value is -1.06. The number of esters is 2. The molecule has 6 saturated carbocycles. The lowest BCUT2D eigenvalue weighted by Crippen LogP contribution is -2.45. The van der Waals surface area contributed by atoms with Gasteiger partial charge >= 0.3 is 11.9 Å². The average molecular weight is 485 g/mol. The normalized spacial score (nSPS) is 49.9. The Kier molecular flexibility index (Phi) is 5.89. The van der Waals surface area contributed by atoms with E-state index in [1.54, 1.807) is 0 Å². The van der Waals surface area contributed by atoms with Gasteiger partial charge in [-0.1, -0.05) is 34.1 Å². The minimum Gasteiger partial charge on any atom is -0.459 e. The van der Waals surface area contributed by atoms with Gasteiger partial charge in [0.15, 0.2) is 0 Å². The molecule has 0 saturated heterocycles. The largest absolute Gasteiger partial charge is 0.459 e. The Balaban J connectivity index is 1.06. The summed E-state index contributed by atoms with van der Waals surface area (Å²) in [5.41, 5.74) is -0.449. The van der Waals surface area contributed by atoms with E-state index in [1.165, 1.54) is 44.9 Å². The summed E-state index contributed by atoms with van der Waals surface area (Å²) in [6.45, 7) is 10.4. The maximum Gasteiger partial charge on any atom is 0.309 e. The highest BCUT2D eigenvalue weighted by atomic mass is 16.6. The van der Waals surface area contributed by atoms with E-state index in [-0.39, 0.29) is 35.0 Å². The average Bonchev–Trinajstić information content (AvgIpc) is 3.60. The number of hydrogen-bond donors (Lipinski definition) is 0. The summed E-state index contributed by atoms with van der Waals surface area (Å²) >= 11 is 0. The smallest absolute Gasteiger partial charge is 0.309 e. The lowest BCUT2D eigenvalue weighted by atomic mass is 9.71. The summed E-state index contributed by atoms with van der Waals surface area (Å²) in [5.74, 6) is 6.37. The number of fused-ring (bicyclic) bond motifs is 10. The number of hydrogen-bond acceptors (Lipinski definition) is 4. The molecule has 6 fully saturated rings. The maximum absolute atomic E-state index is 13.3. The molecule has 6 rings (SSSR count). The molecule has 4 bridgehead atoms. The van der Waals surface area contributed by atoms with E-state index in [0.29, 0.717) is 29.6 Å². The molecular formula is C31H48O4. The molecule has 0 aromatic heterocycles. The number of rotatable bonds is 7. The fourth-order valence-corrected chi connectivity index (χ4v) is 10.9. The molecule has 0 aliphatic heterocycles. The van der Waals surface area contributed by atoms with Crippen LogP contribution in [0.5, 0.6) is 0 Å². The Bertz CT molecular complexity index is 866. The summed E-state index contributed by atoms with van der Waals surface area (Å²) in [4.78, 5) is 25.8. The molecule has 35 heavy (non-hydrogen) atoms. The van der Waals surface area contributed by atoms with Crippen molar-refractivity contribution in [3.8, 4) is 0 Å². The summed E-state index contributed by atoms with van der Waals surface area (Å²) in [6.07, 6.45) is 13.2. The Morgan fingerprint density at radius 3 is 2.26 bits per heavy atom. The lowest BCUT2D eigenvalue weighted by molar-refractivity contribution is -0.174. The van der Waals surface area contributed by atoms with Gasteiger partial charge in [0.25, 0.3) is 0 Å². The second kappa shape index (κ2) is 8.48. The van der Waals surface area contributed by atoms with Gasteiger partial charge < -0.3 is 9.47 Å². The van der Waals surface area contributed by atoms with Gasteiger partial charge in [-0.15, -0.1) is 0 Å². The highest BCUT2D eigenvalue weighted by Gasteiger charge is 2.64. The van der Waals surface area contributed by atoms with Crippen molar-refractivity contribution in [1.29, 1.82) is 0 Å². The number of ether oxygens (including phenoxy) is 2. The lowest BCUT2D eigenvalue weighted by Gasteiger charge is -2.42. The zero-order chi connectivity index (χ0) is 24.7. The van der Waals surface area contributed by atoms with Gasteiger partial charge in [-0.2, -0.15) is 0 Å². The topological polar surface area (TPSA) is 52.6 Å². The molecule has 0 aromatic rings. The van der Waals surface area contributed by atoms with Crippen LogP contribution in [0.2, 0.25) is 0 Å². The van der Waals surface area contributed by atoms with E-state index in [2.05, 4.69) is 20.8 Å². The molecule has 0 N–H and O–H groups in total. The number of carbonyl (C=O) groups excluding carboxylic acids is 2. The van der Waals surface area contributed by atoms with Crippen molar-refractivity contribution in [2.45, 2.75) is 116 Å². The van der Waals surface area contributed by atoms with Crippen LogP contribution in [-0.2, 0) is 19.1 Å². The van der Waals surface area contributed by atoms with Gasteiger partial charge in [0, 0.05) is 11.8 Å². The second-order valence-corrected chi connectivity index (χ2v) is 14.4. The van der Waals surface area contributed by atoms with Crippen LogP contribution >= 0.6 is 0 Å². The predicted octanol–water partition coefficient (Wildman–Crippen LogP) is 6.80. The fraction of sp³-hybridized carbons (Fsp3) is 0.935. The second-order valence-electron chi connectivity index (χ2n) is 14.4. The summed E-state index contributed by atoms with van der Waals surface area (Å²) in [7, 11) is 0. The molecule has 6 aliphatic rings. The molecule has 0 spiro atoms. The van der Waals surface area contributed by atoms with Crippen LogP contribution in [-0.4, -0.2) is 23.1 Å². The Morgan fingerprint density at radius 2 is 1.51 bits per heavy atom. The van der Waals surface area contributed by atoms with E-state index in [9.17, 15) is 9.59 Å². The zero-order valence-corrected chi connectivity index (χ0v) is 22.8. The van der Waals surface area contributed by atoms with E-state index < -0.39 is 0 Å². The minimum atomic E-state index is -0.235. The molecule has 12 atom stereocenters. The van der Waals surface area contributed by atoms with E-state index in [0.717, 1.165) is 49.4 Å². The molecule has 0 aromatic carbocycles. The van der Waals surface area contributed by atoms with Crippen molar-refractivity contribution < 1.29 is 19.1 Å². The third kappa shape index (κ3) is 3.73. The molecule has 12 unspecified atom stereocenters. The van der Waals surface area contributed by atoms with Crippen molar-refractivity contribution in [2.24, 2.45) is 65.1 Å². The first-order valence-electron chi connectivity index (χ1n) is 15.1. The van der Waals surface area contributed by atoms with E-state index >= 15 is 0 Å². The van der Waals surface area contributed by atoms with Crippen molar-refractivity contribution >= 4 is 11.9 Å². The first-order valence-corrected chi connectivity index (χ1v) is 15.1. The van der Waals surface area contributed by atoms with Crippen molar-refractivity contribution in [2.75, 3.05) is 0 Å². The van der Waals surface area contributed by atoms with Crippen LogP contribution in [0.4, 0.5) is 0 Å². The highest BCUT2D eigenvalue weighted by molar-refractivity contribution is 5.73. The van der Waals surface area contributed by atoms with Crippen LogP contribution in [0.3, 0.4) is 0 Å². The maximum atomic E-state index is 13.3. The van der Waals surface area contributed by atoms with Gasteiger partial charge in [-0.05, 0) is 113 Å². The summed E-state index contributed by atoms with van der Waals surface area (Å²) in [5, 5.41) is 0. The molecule has 196 valence electrons. The quantitative estimate of drug-likeness (QED) is 0.373. The monoisotopic (exact) mass is 484 g/mol.